The molecule has 2 aromatic rings. The quantitative estimate of drug-likeness (QED) is 0.763. The van der Waals surface area contributed by atoms with Crippen molar-refractivity contribution in [2.24, 2.45) is 4.99 Å². The minimum Gasteiger partial charge on any atom is -0.508 e. The lowest BCUT2D eigenvalue weighted by Gasteiger charge is -2.17. The van der Waals surface area contributed by atoms with Crippen molar-refractivity contribution in [3.05, 3.63) is 59.2 Å². The largest absolute Gasteiger partial charge is 0.508 e. The fourth-order valence-electron chi connectivity index (χ4n) is 2.21. The van der Waals surface area contributed by atoms with Gasteiger partial charge in [0.25, 0.3) is 5.91 Å². The lowest BCUT2D eigenvalue weighted by molar-refractivity contribution is 0.100. The highest BCUT2D eigenvalue weighted by atomic mass is 16.3. The first-order valence-corrected chi connectivity index (χ1v) is 5.94. The topological polar surface area (TPSA) is 75.7 Å². The summed E-state index contributed by atoms with van der Waals surface area (Å²) in [5.41, 5.74) is 9.42. The summed E-state index contributed by atoms with van der Waals surface area (Å²) >= 11 is 0. The number of benzene rings is 2. The van der Waals surface area contributed by atoms with Gasteiger partial charge in [-0.1, -0.05) is 6.07 Å². The predicted octanol–water partition coefficient (Wildman–Crippen LogP) is 2.16. The second-order valence-corrected chi connectivity index (χ2v) is 4.46. The number of aromatic hydroxyl groups is 1. The molecule has 3 N–H and O–H groups in total. The van der Waals surface area contributed by atoms with Crippen molar-refractivity contribution in [3.8, 4) is 5.75 Å². The van der Waals surface area contributed by atoms with E-state index >= 15 is 0 Å². The monoisotopic (exact) mass is 252 g/mol. The number of phenolic OH excluding ortho intramolecular Hbond substituents is 1. The molecular weight excluding hydrogens is 240 g/mol. The van der Waals surface area contributed by atoms with Crippen molar-refractivity contribution in [1.82, 2.24) is 0 Å². The Bertz CT molecular complexity index is 688. The number of nitrogens with two attached hydrogens (primary N) is 1. The molecule has 1 amide bonds. The molecule has 19 heavy (non-hydrogen) atoms. The molecular formula is C15H12N2O2. The van der Waals surface area contributed by atoms with Gasteiger partial charge in [0.15, 0.2) is 0 Å². The van der Waals surface area contributed by atoms with Crippen LogP contribution in [0.1, 0.15) is 21.5 Å². The SMILES string of the molecule is Nc1cccc2c1CC(c1ccc(O)cc1)=NC2=O. The lowest BCUT2D eigenvalue weighted by Crippen LogP contribution is -2.18. The zero-order valence-electron chi connectivity index (χ0n) is 10.1. The third kappa shape index (κ3) is 1.97. The third-order valence-corrected chi connectivity index (χ3v) is 3.22. The average molecular weight is 252 g/mol. The molecule has 0 aromatic heterocycles. The number of aliphatic imine (C=N–C) groups is 1. The van der Waals surface area contributed by atoms with E-state index in [1.54, 1.807) is 42.5 Å². The Labute approximate surface area is 110 Å². The smallest absolute Gasteiger partial charge is 0.277 e. The van der Waals surface area contributed by atoms with Crippen LogP contribution in [0, 0.1) is 0 Å². The zero-order chi connectivity index (χ0) is 13.4. The van der Waals surface area contributed by atoms with Crippen LogP contribution >= 0.6 is 0 Å². The summed E-state index contributed by atoms with van der Waals surface area (Å²) in [4.78, 5) is 16.1. The molecule has 4 nitrogen and oxygen atoms in total. The third-order valence-electron chi connectivity index (χ3n) is 3.22. The molecule has 0 spiro atoms. The molecule has 94 valence electrons. The minimum atomic E-state index is -0.267. The van der Waals surface area contributed by atoms with Gasteiger partial charge in [-0.3, -0.25) is 4.79 Å². The van der Waals surface area contributed by atoms with Crippen LogP contribution in [0.2, 0.25) is 0 Å². The molecule has 0 bridgehead atoms. The summed E-state index contributed by atoms with van der Waals surface area (Å²) in [6.45, 7) is 0. The van der Waals surface area contributed by atoms with E-state index in [1.165, 1.54) is 0 Å². The second-order valence-electron chi connectivity index (χ2n) is 4.46. The number of anilines is 1. The van der Waals surface area contributed by atoms with Crippen molar-refractivity contribution in [3.63, 3.8) is 0 Å². The van der Waals surface area contributed by atoms with Crippen molar-refractivity contribution >= 4 is 17.3 Å². The van der Waals surface area contributed by atoms with Gasteiger partial charge in [-0.05, 0) is 47.5 Å². The van der Waals surface area contributed by atoms with Crippen LogP contribution in [-0.4, -0.2) is 16.7 Å². The highest BCUT2D eigenvalue weighted by Gasteiger charge is 2.21. The maximum Gasteiger partial charge on any atom is 0.277 e. The van der Waals surface area contributed by atoms with Crippen molar-refractivity contribution in [2.75, 3.05) is 5.73 Å². The first-order valence-electron chi connectivity index (χ1n) is 5.94. The molecule has 4 heteroatoms. The van der Waals surface area contributed by atoms with Crippen LogP contribution in [0.4, 0.5) is 5.69 Å². The number of phenols is 1. The van der Waals surface area contributed by atoms with Gasteiger partial charge in [-0.15, -0.1) is 0 Å². The molecule has 0 saturated heterocycles. The molecule has 1 aliphatic heterocycles. The van der Waals surface area contributed by atoms with Crippen LogP contribution in [0.5, 0.6) is 5.75 Å². The fraction of sp³-hybridized carbons (Fsp3) is 0.0667. The van der Waals surface area contributed by atoms with E-state index in [2.05, 4.69) is 4.99 Å². The number of hydrogen-bond acceptors (Lipinski definition) is 3. The molecule has 0 saturated carbocycles. The molecule has 0 radical (unpaired) electrons. The van der Waals surface area contributed by atoms with Crippen molar-refractivity contribution in [2.45, 2.75) is 6.42 Å². The minimum absolute atomic E-state index is 0.186. The standard InChI is InChI=1S/C15H12N2O2/c16-13-3-1-2-11-12(13)8-14(17-15(11)19)9-4-6-10(18)7-5-9/h1-7,18H,8,16H2. The van der Waals surface area contributed by atoms with E-state index in [0.29, 0.717) is 23.4 Å². The van der Waals surface area contributed by atoms with Crippen molar-refractivity contribution in [1.29, 1.82) is 0 Å². The van der Waals surface area contributed by atoms with E-state index in [0.717, 1.165) is 11.1 Å². The Morgan fingerprint density at radius 2 is 1.84 bits per heavy atom. The van der Waals surface area contributed by atoms with Gasteiger partial charge in [0.1, 0.15) is 5.75 Å². The highest BCUT2D eigenvalue weighted by Crippen LogP contribution is 2.25. The van der Waals surface area contributed by atoms with Gasteiger partial charge in [-0.2, -0.15) is 0 Å². The van der Waals surface area contributed by atoms with Crippen LogP contribution in [0.3, 0.4) is 0 Å². The summed E-state index contributed by atoms with van der Waals surface area (Å²) in [5, 5.41) is 9.28. The summed E-state index contributed by atoms with van der Waals surface area (Å²) in [6.07, 6.45) is 0.526. The molecule has 3 rings (SSSR count). The Kier molecular flexibility index (Phi) is 2.56. The van der Waals surface area contributed by atoms with Crippen LogP contribution in [0.15, 0.2) is 47.5 Å². The number of hydrogen-bond donors (Lipinski definition) is 2. The Hall–Kier alpha value is -2.62. The lowest BCUT2D eigenvalue weighted by atomic mass is 9.93. The van der Waals surface area contributed by atoms with E-state index < -0.39 is 0 Å². The van der Waals surface area contributed by atoms with Gasteiger partial charge in [0.2, 0.25) is 0 Å². The average Bonchev–Trinajstić information content (AvgIpc) is 2.41. The van der Waals surface area contributed by atoms with Gasteiger partial charge >= 0.3 is 0 Å². The van der Waals surface area contributed by atoms with E-state index in [9.17, 15) is 9.90 Å². The normalized spacial score (nSPS) is 13.9. The molecule has 0 aliphatic carbocycles. The highest BCUT2D eigenvalue weighted by molar-refractivity contribution is 6.15. The zero-order valence-corrected chi connectivity index (χ0v) is 10.1. The summed E-state index contributed by atoms with van der Waals surface area (Å²) in [7, 11) is 0. The van der Waals surface area contributed by atoms with Gasteiger partial charge < -0.3 is 10.8 Å². The number of rotatable bonds is 1. The number of fused-ring (bicyclic) bond motifs is 1. The number of carbonyl (C=O) groups is 1. The van der Waals surface area contributed by atoms with Gasteiger partial charge in [0.05, 0.1) is 5.71 Å². The maximum absolute atomic E-state index is 12.0. The molecule has 2 aromatic carbocycles. The van der Waals surface area contributed by atoms with E-state index in [1.807, 2.05) is 0 Å². The first kappa shape index (κ1) is 11.5. The Morgan fingerprint density at radius 3 is 2.58 bits per heavy atom. The summed E-state index contributed by atoms with van der Waals surface area (Å²) < 4.78 is 0. The summed E-state index contributed by atoms with van der Waals surface area (Å²) in [6, 6.07) is 11.9. The predicted molar refractivity (Wildman–Crippen MR) is 73.5 cm³/mol. The number of amides is 1. The van der Waals surface area contributed by atoms with Gasteiger partial charge in [-0.25, -0.2) is 4.99 Å². The molecule has 1 heterocycles. The van der Waals surface area contributed by atoms with E-state index in [4.69, 9.17) is 5.73 Å². The van der Waals surface area contributed by atoms with E-state index in [-0.39, 0.29) is 11.7 Å². The van der Waals surface area contributed by atoms with Crippen LogP contribution in [0.25, 0.3) is 0 Å². The molecule has 1 aliphatic rings. The Morgan fingerprint density at radius 1 is 1.11 bits per heavy atom. The molecule has 0 atom stereocenters. The number of nitrogens with zero attached hydrogens (tertiary/aromatic N) is 1. The second kappa shape index (κ2) is 4.24. The molecule has 0 unspecified atom stereocenters. The summed E-state index contributed by atoms with van der Waals surface area (Å²) in [5.74, 6) is -0.0805. The van der Waals surface area contributed by atoms with Crippen LogP contribution in [-0.2, 0) is 6.42 Å². The first-order chi connectivity index (χ1) is 9.15. The van der Waals surface area contributed by atoms with Crippen LogP contribution < -0.4 is 5.73 Å². The fourth-order valence-corrected chi connectivity index (χ4v) is 2.21. The van der Waals surface area contributed by atoms with Gasteiger partial charge in [0, 0.05) is 17.7 Å². The van der Waals surface area contributed by atoms with Crippen molar-refractivity contribution < 1.29 is 9.90 Å². The number of carbonyl (C=O) groups excluding carboxylic acids is 1. The Balaban J connectivity index is 2.06. The maximum atomic E-state index is 12.0. The number of nitrogen functional groups attached to an aromatic ring is 1. The molecule has 0 fully saturated rings.